The lowest BCUT2D eigenvalue weighted by Crippen LogP contribution is -2.31. The van der Waals surface area contributed by atoms with Gasteiger partial charge in [-0.15, -0.1) is 0 Å². The molecular formula is C25H26N6O2. The quantitative estimate of drug-likeness (QED) is 0.514. The Kier molecular flexibility index (Phi) is 4.67. The van der Waals surface area contributed by atoms with Crippen molar-refractivity contribution in [3.8, 4) is 22.5 Å². The van der Waals surface area contributed by atoms with E-state index in [1.807, 2.05) is 27.6 Å². The van der Waals surface area contributed by atoms with Crippen LogP contribution in [0.5, 0.6) is 0 Å². The summed E-state index contributed by atoms with van der Waals surface area (Å²) >= 11 is 0. The van der Waals surface area contributed by atoms with Crippen LogP contribution in [0.15, 0.2) is 53.7 Å². The van der Waals surface area contributed by atoms with Gasteiger partial charge in [0.05, 0.1) is 0 Å². The third kappa shape index (κ3) is 3.65. The first kappa shape index (κ1) is 20.0. The molecule has 2 fully saturated rings. The van der Waals surface area contributed by atoms with Crippen LogP contribution in [0.2, 0.25) is 0 Å². The molecule has 1 aliphatic carbocycles. The molecule has 1 atom stereocenters. The van der Waals surface area contributed by atoms with Crippen LogP contribution in [-0.4, -0.2) is 48.0 Å². The Morgan fingerprint density at radius 1 is 1.15 bits per heavy atom. The van der Waals surface area contributed by atoms with E-state index in [0.29, 0.717) is 12.4 Å². The molecule has 8 heteroatoms. The first-order valence-electron chi connectivity index (χ1n) is 11.5. The van der Waals surface area contributed by atoms with E-state index in [9.17, 15) is 9.59 Å². The third-order valence-electron chi connectivity index (χ3n) is 6.91. The van der Waals surface area contributed by atoms with Gasteiger partial charge in [0, 0.05) is 55.3 Å². The van der Waals surface area contributed by atoms with E-state index in [-0.39, 0.29) is 23.4 Å². The number of benzene rings is 1. The highest BCUT2D eigenvalue weighted by molar-refractivity contribution is 5.81. The Hall–Kier alpha value is -3.68. The smallest absolute Gasteiger partial charge is 0.342 e. The van der Waals surface area contributed by atoms with Crippen molar-refractivity contribution in [1.82, 2.24) is 29.0 Å². The molecular weight excluding hydrogens is 416 g/mol. The van der Waals surface area contributed by atoms with E-state index in [1.54, 1.807) is 10.8 Å². The first-order chi connectivity index (χ1) is 16.1. The van der Waals surface area contributed by atoms with Crippen LogP contribution in [0.25, 0.3) is 28.2 Å². The number of amides is 1. The molecule has 4 aromatic rings. The largest absolute Gasteiger partial charge is 0.343 e. The number of aromatic amines is 1. The van der Waals surface area contributed by atoms with Gasteiger partial charge in [-0.3, -0.25) is 9.36 Å². The van der Waals surface area contributed by atoms with Crippen molar-refractivity contribution in [3.05, 3.63) is 65.0 Å². The third-order valence-corrected chi connectivity index (χ3v) is 6.91. The van der Waals surface area contributed by atoms with Crippen LogP contribution in [0.3, 0.4) is 0 Å². The summed E-state index contributed by atoms with van der Waals surface area (Å²) in [5.41, 5.74) is 5.01. The lowest BCUT2D eigenvalue weighted by Gasteiger charge is -2.16. The van der Waals surface area contributed by atoms with E-state index in [4.69, 9.17) is 0 Å². The maximum absolute atomic E-state index is 12.5. The monoisotopic (exact) mass is 442 g/mol. The number of rotatable bonds is 5. The molecule has 1 amide bonds. The summed E-state index contributed by atoms with van der Waals surface area (Å²) in [4.78, 5) is 31.2. The number of fused-ring (bicyclic) bond motifs is 1. The average Bonchev–Trinajstić information content (AvgIpc) is 3.21. The molecule has 2 aliphatic rings. The number of carbonyl (C=O) groups is 1. The SMILES string of the molecule is Cc1cc2nccn2cc1-c1ccc(-c2n[nH]c(=O)n2C[C@@H]2CCN(C(=O)C3CC3)C2)cc1. The van der Waals surface area contributed by atoms with Crippen LogP contribution in [0.1, 0.15) is 24.8 Å². The molecule has 4 heterocycles. The van der Waals surface area contributed by atoms with Gasteiger partial charge in [0.15, 0.2) is 5.82 Å². The Morgan fingerprint density at radius 2 is 1.94 bits per heavy atom. The number of pyridine rings is 1. The Bertz CT molecular complexity index is 1390. The van der Waals surface area contributed by atoms with Crippen LogP contribution in [0.4, 0.5) is 0 Å². The normalized spacial score (nSPS) is 18.3. The molecule has 0 bridgehead atoms. The van der Waals surface area contributed by atoms with E-state index < -0.39 is 0 Å². The molecule has 1 saturated carbocycles. The van der Waals surface area contributed by atoms with E-state index in [2.05, 4.69) is 46.5 Å². The van der Waals surface area contributed by atoms with Crippen LogP contribution < -0.4 is 5.69 Å². The fourth-order valence-electron chi connectivity index (χ4n) is 4.89. The number of hydrogen-bond acceptors (Lipinski definition) is 4. The van der Waals surface area contributed by atoms with Crippen LogP contribution in [0, 0.1) is 18.8 Å². The molecule has 33 heavy (non-hydrogen) atoms. The van der Waals surface area contributed by atoms with E-state index in [0.717, 1.165) is 60.3 Å². The van der Waals surface area contributed by atoms with Gasteiger partial charge in [-0.05, 0) is 49.3 Å². The average molecular weight is 443 g/mol. The summed E-state index contributed by atoms with van der Waals surface area (Å²) < 4.78 is 3.73. The summed E-state index contributed by atoms with van der Waals surface area (Å²) in [5.74, 6) is 1.44. The number of carbonyl (C=O) groups excluding carboxylic acids is 1. The predicted octanol–water partition coefficient (Wildman–Crippen LogP) is 3.12. The highest BCUT2D eigenvalue weighted by Gasteiger charge is 2.36. The van der Waals surface area contributed by atoms with Crippen molar-refractivity contribution in [3.63, 3.8) is 0 Å². The molecule has 1 aliphatic heterocycles. The summed E-state index contributed by atoms with van der Waals surface area (Å²) in [6.07, 6.45) is 8.80. The first-order valence-corrected chi connectivity index (χ1v) is 11.5. The minimum Gasteiger partial charge on any atom is -0.342 e. The number of nitrogens with one attached hydrogen (secondary N) is 1. The van der Waals surface area contributed by atoms with Gasteiger partial charge in [0.1, 0.15) is 5.65 Å². The molecule has 0 radical (unpaired) electrons. The molecule has 1 saturated heterocycles. The summed E-state index contributed by atoms with van der Waals surface area (Å²) in [6, 6.07) is 10.2. The van der Waals surface area contributed by atoms with Gasteiger partial charge in [-0.1, -0.05) is 24.3 Å². The molecule has 6 rings (SSSR count). The number of H-pyrrole nitrogens is 1. The lowest BCUT2D eigenvalue weighted by atomic mass is 10.0. The zero-order valence-electron chi connectivity index (χ0n) is 18.6. The topological polar surface area (TPSA) is 88.3 Å². The fourth-order valence-corrected chi connectivity index (χ4v) is 4.89. The highest BCUT2D eigenvalue weighted by atomic mass is 16.2. The minimum absolute atomic E-state index is 0.206. The number of hydrogen-bond donors (Lipinski definition) is 1. The lowest BCUT2D eigenvalue weighted by molar-refractivity contribution is -0.131. The van der Waals surface area contributed by atoms with Gasteiger partial charge >= 0.3 is 5.69 Å². The second-order valence-electron chi connectivity index (χ2n) is 9.32. The van der Waals surface area contributed by atoms with Crippen molar-refractivity contribution in [2.45, 2.75) is 32.7 Å². The van der Waals surface area contributed by atoms with Crippen molar-refractivity contribution < 1.29 is 4.79 Å². The maximum Gasteiger partial charge on any atom is 0.343 e. The van der Waals surface area contributed by atoms with Gasteiger partial charge in [0.2, 0.25) is 5.91 Å². The zero-order chi connectivity index (χ0) is 22.5. The molecule has 0 unspecified atom stereocenters. The summed E-state index contributed by atoms with van der Waals surface area (Å²) in [5, 5.41) is 6.92. The minimum atomic E-state index is -0.206. The van der Waals surface area contributed by atoms with Crippen molar-refractivity contribution in [1.29, 1.82) is 0 Å². The summed E-state index contributed by atoms with van der Waals surface area (Å²) in [6.45, 7) is 4.16. The molecule has 1 aromatic carbocycles. The molecule has 0 spiro atoms. The van der Waals surface area contributed by atoms with E-state index in [1.165, 1.54) is 0 Å². The number of aryl methyl sites for hydroxylation is 1. The van der Waals surface area contributed by atoms with E-state index >= 15 is 0 Å². The Balaban J connectivity index is 1.23. The second kappa shape index (κ2) is 7.72. The van der Waals surface area contributed by atoms with Gasteiger partial charge in [-0.25, -0.2) is 14.9 Å². The molecule has 168 valence electrons. The molecule has 3 aromatic heterocycles. The van der Waals surface area contributed by atoms with Crippen LogP contribution in [-0.2, 0) is 11.3 Å². The van der Waals surface area contributed by atoms with Gasteiger partial charge < -0.3 is 9.30 Å². The van der Waals surface area contributed by atoms with Gasteiger partial charge in [0.25, 0.3) is 0 Å². The fraction of sp³-hybridized carbons (Fsp3) is 0.360. The molecule has 8 nitrogen and oxygen atoms in total. The summed E-state index contributed by atoms with van der Waals surface area (Å²) in [7, 11) is 0. The zero-order valence-corrected chi connectivity index (χ0v) is 18.6. The van der Waals surface area contributed by atoms with Gasteiger partial charge in [-0.2, -0.15) is 5.10 Å². The number of nitrogens with zero attached hydrogens (tertiary/aromatic N) is 5. The second-order valence-corrected chi connectivity index (χ2v) is 9.32. The van der Waals surface area contributed by atoms with Crippen molar-refractivity contribution >= 4 is 11.6 Å². The Labute approximate surface area is 190 Å². The standard InChI is InChI=1S/C25H26N6O2/c1-16-12-22-26-9-11-29(22)15-21(16)18-2-4-19(5-3-18)23-27-28-25(33)31(23)14-17-8-10-30(13-17)24(32)20-6-7-20/h2-5,9,11-12,15,17,20H,6-8,10,13-14H2,1H3,(H,28,33)/t17-/m1/s1. The Morgan fingerprint density at radius 3 is 2.73 bits per heavy atom. The number of imidazole rings is 1. The molecule has 1 N–H and O–H groups in total. The predicted molar refractivity (Wildman–Crippen MR) is 125 cm³/mol. The van der Waals surface area contributed by atoms with Crippen LogP contribution >= 0.6 is 0 Å². The van der Waals surface area contributed by atoms with Crippen molar-refractivity contribution in [2.24, 2.45) is 11.8 Å². The number of likely N-dealkylation sites (tertiary alicyclic amines) is 1. The maximum atomic E-state index is 12.5. The van der Waals surface area contributed by atoms with Crippen molar-refractivity contribution in [2.75, 3.05) is 13.1 Å². The number of aromatic nitrogens is 5. The highest BCUT2D eigenvalue weighted by Crippen LogP contribution is 2.33.